The summed E-state index contributed by atoms with van der Waals surface area (Å²) >= 11 is 0. The van der Waals surface area contributed by atoms with Crippen LogP contribution in [-0.2, 0) is 13.0 Å². The summed E-state index contributed by atoms with van der Waals surface area (Å²) in [5.74, 6) is 0. The monoisotopic (exact) mass is 296 g/mol. The molecule has 0 aromatic heterocycles. The third-order valence-corrected chi connectivity index (χ3v) is 3.99. The normalized spacial score (nSPS) is 10.7. The van der Waals surface area contributed by atoms with E-state index in [1.54, 1.807) is 0 Å². The maximum absolute atomic E-state index is 3.37. The van der Waals surface area contributed by atoms with Crippen molar-refractivity contribution < 1.29 is 0 Å². The first-order chi connectivity index (χ1) is 10.7. The molecule has 0 spiro atoms. The van der Waals surface area contributed by atoms with Crippen molar-refractivity contribution in [3.63, 3.8) is 0 Å². The molecule has 2 rings (SSSR count). The topological polar surface area (TPSA) is 15.3 Å². The highest BCUT2D eigenvalue weighted by molar-refractivity contribution is 5.48. The van der Waals surface area contributed by atoms with Crippen LogP contribution in [0, 0.1) is 6.92 Å². The molecule has 0 saturated carbocycles. The summed E-state index contributed by atoms with van der Waals surface area (Å²) < 4.78 is 0. The number of rotatable bonds is 8. The van der Waals surface area contributed by atoms with E-state index in [9.17, 15) is 0 Å². The maximum Gasteiger partial charge on any atom is 0.0429 e. The van der Waals surface area contributed by atoms with E-state index in [0.29, 0.717) is 0 Å². The van der Waals surface area contributed by atoms with E-state index in [4.69, 9.17) is 0 Å². The second-order valence-electron chi connectivity index (χ2n) is 5.77. The van der Waals surface area contributed by atoms with Crippen LogP contribution in [0.15, 0.2) is 48.5 Å². The zero-order valence-corrected chi connectivity index (χ0v) is 14.1. The van der Waals surface area contributed by atoms with Crippen molar-refractivity contribution >= 4 is 5.69 Å². The van der Waals surface area contributed by atoms with Gasteiger partial charge in [0.15, 0.2) is 0 Å². The number of anilines is 1. The molecule has 2 aromatic rings. The van der Waals surface area contributed by atoms with Crippen LogP contribution in [0.2, 0.25) is 0 Å². The minimum atomic E-state index is 0.966. The molecule has 0 unspecified atom stereocenters. The fourth-order valence-electron chi connectivity index (χ4n) is 2.65. The van der Waals surface area contributed by atoms with Crippen LogP contribution in [0.4, 0.5) is 5.69 Å². The average molecular weight is 296 g/mol. The van der Waals surface area contributed by atoms with Gasteiger partial charge in [0.25, 0.3) is 0 Å². The van der Waals surface area contributed by atoms with Gasteiger partial charge in [-0.25, -0.2) is 0 Å². The first-order valence-corrected chi connectivity index (χ1v) is 8.33. The highest BCUT2D eigenvalue weighted by Crippen LogP contribution is 2.18. The lowest BCUT2D eigenvalue weighted by atomic mass is 10.1. The number of aryl methyl sites for hydroxylation is 1. The highest BCUT2D eigenvalue weighted by atomic mass is 15.1. The molecule has 0 aliphatic rings. The van der Waals surface area contributed by atoms with Gasteiger partial charge >= 0.3 is 0 Å². The summed E-state index contributed by atoms with van der Waals surface area (Å²) in [5, 5.41) is 3.37. The molecule has 1 N–H and O–H groups in total. The molecule has 0 heterocycles. The van der Waals surface area contributed by atoms with E-state index < -0.39 is 0 Å². The van der Waals surface area contributed by atoms with Crippen molar-refractivity contribution in [2.24, 2.45) is 0 Å². The fourth-order valence-corrected chi connectivity index (χ4v) is 2.65. The Morgan fingerprint density at radius 1 is 0.955 bits per heavy atom. The predicted molar refractivity (Wildman–Crippen MR) is 96.6 cm³/mol. The van der Waals surface area contributed by atoms with Crippen LogP contribution in [0.1, 0.15) is 30.5 Å². The second-order valence-corrected chi connectivity index (χ2v) is 5.77. The Morgan fingerprint density at radius 2 is 1.68 bits per heavy atom. The summed E-state index contributed by atoms with van der Waals surface area (Å²) in [6.45, 7) is 10.6. The number of nitrogens with one attached hydrogen (secondary N) is 1. The van der Waals surface area contributed by atoms with Gasteiger partial charge in [-0.05, 0) is 62.2 Å². The molecule has 0 amide bonds. The van der Waals surface area contributed by atoms with Crippen molar-refractivity contribution in [3.8, 4) is 0 Å². The lowest BCUT2D eigenvalue weighted by Gasteiger charge is -2.23. The van der Waals surface area contributed by atoms with E-state index in [1.165, 1.54) is 22.4 Å². The van der Waals surface area contributed by atoms with Crippen molar-refractivity contribution in [1.29, 1.82) is 0 Å². The standard InChI is InChI=1S/C20H28N2/c1-4-21-14-13-18-9-11-19(12-10-18)16-22(5-2)20-8-6-7-17(3)15-20/h6-12,15,21H,4-5,13-14,16H2,1-3H3. The van der Waals surface area contributed by atoms with Crippen LogP contribution in [0.5, 0.6) is 0 Å². The Kier molecular flexibility index (Phi) is 6.47. The van der Waals surface area contributed by atoms with Crippen LogP contribution >= 0.6 is 0 Å². The molecule has 118 valence electrons. The second kappa shape index (κ2) is 8.60. The van der Waals surface area contributed by atoms with E-state index >= 15 is 0 Å². The van der Waals surface area contributed by atoms with Gasteiger partial charge in [0.1, 0.15) is 0 Å². The number of hydrogen-bond donors (Lipinski definition) is 1. The Labute approximate surface area is 135 Å². The molecular weight excluding hydrogens is 268 g/mol. The molecule has 0 bridgehead atoms. The molecule has 22 heavy (non-hydrogen) atoms. The van der Waals surface area contributed by atoms with Crippen molar-refractivity contribution in [2.45, 2.75) is 33.7 Å². The van der Waals surface area contributed by atoms with Gasteiger partial charge < -0.3 is 10.2 Å². The highest BCUT2D eigenvalue weighted by Gasteiger charge is 2.05. The van der Waals surface area contributed by atoms with Gasteiger partial charge in [0, 0.05) is 18.8 Å². The molecule has 2 aromatic carbocycles. The molecule has 0 saturated heterocycles. The SMILES string of the molecule is CCNCCc1ccc(CN(CC)c2cccc(C)c2)cc1. The smallest absolute Gasteiger partial charge is 0.0429 e. The maximum atomic E-state index is 3.37. The minimum Gasteiger partial charge on any atom is -0.367 e. The molecule has 0 aliphatic heterocycles. The third-order valence-electron chi connectivity index (χ3n) is 3.99. The first-order valence-electron chi connectivity index (χ1n) is 8.33. The zero-order valence-electron chi connectivity index (χ0n) is 14.1. The summed E-state index contributed by atoms with van der Waals surface area (Å²) in [7, 11) is 0. The molecule has 0 aliphatic carbocycles. The Hall–Kier alpha value is -1.80. The molecule has 0 fully saturated rings. The van der Waals surface area contributed by atoms with E-state index in [1.807, 2.05) is 0 Å². The molecule has 0 radical (unpaired) electrons. The van der Waals surface area contributed by atoms with Crippen molar-refractivity contribution in [3.05, 3.63) is 65.2 Å². The van der Waals surface area contributed by atoms with Crippen molar-refractivity contribution in [1.82, 2.24) is 5.32 Å². The summed E-state index contributed by atoms with van der Waals surface area (Å²) in [6.07, 6.45) is 1.10. The first kappa shape index (κ1) is 16.6. The molecule has 0 atom stereocenters. The quantitative estimate of drug-likeness (QED) is 0.735. The third kappa shape index (κ3) is 4.88. The minimum absolute atomic E-state index is 0.966. The Bertz CT molecular complexity index is 560. The van der Waals surface area contributed by atoms with Gasteiger partial charge in [-0.1, -0.05) is 43.3 Å². The van der Waals surface area contributed by atoms with Gasteiger partial charge in [-0.15, -0.1) is 0 Å². The molecule has 2 nitrogen and oxygen atoms in total. The van der Waals surface area contributed by atoms with Gasteiger partial charge in [0.05, 0.1) is 0 Å². The lowest BCUT2D eigenvalue weighted by molar-refractivity contribution is 0.716. The molecule has 2 heteroatoms. The lowest BCUT2D eigenvalue weighted by Crippen LogP contribution is -2.22. The van der Waals surface area contributed by atoms with Crippen LogP contribution < -0.4 is 10.2 Å². The zero-order chi connectivity index (χ0) is 15.8. The van der Waals surface area contributed by atoms with Gasteiger partial charge in [-0.3, -0.25) is 0 Å². The van der Waals surface area contributed by atoms with Gasteiger partial charge in [-0.2, -0.15) is 0 Å². The fraction of sp³-hybridized carbons (Fsp3) is 0.400. The Morgan fingerprint density at radius 3 is 2.32 bits per heavy atom. The average Bonchev–Trinajstić information content (AvgIpc) is 2.54. The number of benzene rings is 2. The predicted octanol–water partition coefficient (Wildman–Crippen LogP) is 4.17. The van der Waals surface area contributed by atoms with Crippen LogP contribution in [0.3, 0.4) is 0 Å². The number of hydrogen-bond acceptors (Lipinski definition) is 2. The van der Waals surface area contributed by atoms with Crippen LogP contribution in [0.25, 0.3) is 0 Å². The largest absolute Gasteiger partial charge is 0.367 e. The van der Waals surface area contributed by atoms with Crippen LogP contribution in [-0.4, -0.2) is 19.6 Å². The summed E-state index contributed by atoms with van der Waals surface area (Å²) in [6, 6.07) is 17.8. The number of nitrogens with zero attached hydrogens (tertiary/aromatic N) is 1. The van der Waals surface area contributed by atoms with E-state index in [-0.39, 0.29) is 0 Å². The number of likely N-dealkylation sites (N-methyl/N-ethyl adjacent to an activating group) is 1. The van der Waals surface area contributed by atoms with Crippen molar-refractivity contribution in [2.75, 3.05) is 24.5 Å². The van der Waals surface area contributed by atoms with E-state index in [0.717, 1.165) is 32.6 Å². The summed E-state index contributed by atoms with van der Waals surface area (Å²) in [4.78, 5) is 2.42. The van der Waals surface area contributed by atoms with Gasteiger partial charge in [0.2, 0.25) is 0 Å². The summed E-state index contributed by atoms with van der Waals surface area (Å²) in [5.41, 5.74) is 5.40. The van der Waals surface area contributed by atoms with E-state index in [2.05, 4.69) is 79.5 Å². The molecular formula is C20H28N2. The Balaban J connectivity index is 1.99.